The number of hydrogen-bond acceptors (Lipinski definition) is 3. The van der Waals surface area contributed by atoms with Crippen LogP contribution < -0.4 is 10.0 Å². The molecule has 0 fully saturated rings. The van der Waals surface area contributed by atoms with E-state index in [2.05, 4.69) is 10.0 Å². The van der Waals surface area contributed by atoms with Crippen LogP contribution in [0.2, 0.25) is 5.02 Å². The van der Waals surface area contributed by atoms with Crippen molar-refractivity contribution in [1.82, 2.24) is 4.72 Å². The predicted molar refractivity (Wildman–Crippen MR) is 96.5 cm³/mol. The van der Waals surface area contributed by atoms with Gasteiger partial charge in [0, 0.05) is 16.8 Å². The Morgan fingerprint density at radius 1 is 1.17 bits per heavy atom. The van der Waals surface area contributed by atoms with Gasteiger partial charge in [0.05, 0.1) is 4.90 Å². The molecule has 0 saturated carbocycles. The van der Waals surface area contributed by atoms with Gasteiger partial charge in [0.2, 0.25) is 15.9 Å². The van der Waals surface area contributed by atoms with Crippen molar-refractivity contribution in [2.75, 3.05) is 12.4 Å². The van der Waals surface area contributed by atoms with Crippen molar-refractivity contribution in [3.63, 3.8) is 0 Å². The van der Waals surface area contributed by atoms with Crippen LogP contribution in [0.1, 0.15) is 11.1 Å². The topological polar surface area (TPSA) is 75.3 Å². The van der Waals surface area contributed by atoms with Gasteiger partial charge < -0.3 is 5.32 Å². The van der Waals surface area contributed by atoms with Gasteiger partial charge in [-0.05, 0) is 55.4 Å². The third-order valence-corrected chi connectivity index (χ3v) is 5.08. The first-order valence-electron chi connectivity index (χ1n) is 7.10. The minimum absolute atomic E-state index is 0.127. The van der Waals surface area contributed by atoms with Crippen molar-refractivity contribution in [3.05, 3.63) is 64.7 Å². The van der Waals surface area contributed by atoms with Crippen LogP contribution in [-0.4, -0.2) is 21.4 Å². The molecule has 2 rings (SSSR count). The molecule has 0 aliphatic rings. The number of carbonyl (C=O) groups is 1. The average molecular weight is 365 g/mol. The molecule has 126 valence electrons. The zero-order valence-corrected chi connectivity index (χ0v) is 14.8. The summed E-state index contributed by atoms with van der Waals surface area (Å²) in [5, 5.41) is 3.22. The first kappa shape index (κ1) is 18.2. The maximum Gasteiger partial charge on any atom is 0.248 e. The lowest BCUT2D eigenvalue weighted by molar-refractivity contribution is -0.111. The van der Waals surface area contributed by atoms with Crippen LogP contribution in [0, 0.1) is 6.92 Å². The second-order valence-corrected chi connectivity index (χ2v) is 7.36. The molecule has 0 heterocycles. The lowest BCUT2D eigenvalue weighted by Gasteiger charge is -2.09. The standard InChI is InChI=1S/C17H17ClN2O3S/c1-12-6-8-15(11-16(12)24(22,23)19-2)20-17(21)9-7-13-4-3-5-14(18)10-13/h3-11,19H,1-2H3,(H,20,21)/b9-7+. The summed E-state index contributed by atoms with van der Waals surface area (Å²) in [6.07, 6.45) is 2.98. The molecular weight excluding hydrogens is 348 g/mol. The highest BCUT2D eigenvalue weighted by Crippen LogP contribution is 2.20. The zero-order valence-electron chi connectivity index (χ0n) is 13.2. The first-order chi connectivity index (χ1) is 11.3. The third-order valence-electron chi connectivity index (χ3n) is 3.29. The van der Waals surface area contributed by atoms with Gasteiger partial charge in [0.15, 0.2) is 0 Å². The first-order valence-corrected chi connectivity index (χ1v) is 8.97. The highest BCUT2D eigenvalue weighted by molar-refractivity contribution is 7.89. The Hall–Kier alpha value is -2.15. The summed E-state index contributed by atoms with van der Waals surface area (Å²) >= 11 is 5.88. The van der Waals surface area contributed by atoms with Crippen LogP contribution in [0.15, 0.2) is 53.4 Å². The summed E-state index contributed by atoms with van der Waals surface area (Å²) in [6.45, 7) is 1.69. The van der Waals surface area contributed by atoms with Crippen LogP contribution in [0.4, 0.5) is 5.69 Å². The number of amides is 1. The number of sulfonamides is 1. The van der Waals surface area contributed by atoms with E-state index in [4.69, 9.17) is 11.6 Å². The highest BCUT2D eigenvalue weighted by atomic mass is 35.5. The van der Waals surface area contributed by atoms with Gasteiger partial charge in [0.1, 0.15) is 0 Å². The number of aryl methyl sites for hydroxylation is 1. The van der Waals surface area contributed by atoms with E-state index < -0.39 is 10.0 Å². The summed E-state index contributed by atoms with van der Waals surface area (Å²) in [5.41, 5.74) is 1.78. The van der Waals surface area contributed by atoms with Crippen molar-refractivity contribution >= 4 is 39.3 Å². The lowest BCUT2D eigenvalue weighted by atomic mass is 10.2. The van der Waals surface area contributed by atoms with E-state index in [0.29, 0.717) is 16.3 Å². The van der Waals surface area contributed by atoms with E-state index in [1.165, 1.54) is 19.2 Å². The lowest BCUT2D eigenvalue weighted by Crippen LogP contribution is -2.20. The molecule has 0 aromatic heterocycles. The Morgan fingerprint density at radius 2 is 1.92 bits per heavy atom. The van der Waals surface area contributed by atoms with E-state index >= 15 is 0 Å². The summed E-state index contributed by atoms with van der Waals surface area (Å²) in [4.78, 5) is 12.1. The smallest absolute Gasteiger partial charge is 0.248 e. The van der Waals surface area contributed by atoms with Crippen LogP contribution in [0.25, 0.3) is 6.08 Å². The predicted octanol–water partition coefficient (Wildman–Crippen LogP) is 3.21. The van der Waals surface area contributed by atoms with Crippen molar-refractivity contribution in [1.29, 1.82) is 0 Å². The number of nitrogens with one attached hydrogen (secondary N) is 2. The molecular formula is C17H17ClN2O3S. The van der Waals surface area contributed by atoms with Crippen LogP contribution >= 0.6 is 11.6 Å². The molecule has 0 bridgehead atoms. The summed E-state index contributed by atoms with van der Waals surface area (Å²) in [7, 11) is -2.24. The molecule has 0 aliphatic heterocycles. The molecule has 5 nitrogen and oxygen atoms in total. The van der Waals surface area contributed by atoms with Crippen molar-refractivity contribution in [3.8, 4) is 0 Å². The van der Waals surface area contributed by atoms with E-state index in [1.807, 2.05) is 6.07 Å². The fourth-order valence-corrected chi connectivity index (χ4v) is 3.24. The van der Waals surface area contributed by atoms with E-state index in [9.17, 15) is 13.2 Å². The Morgan fingerprint density at radius 3 is 2.58 bits per heavy atom. The molecule has 0 aliphatic carbocycles. The minimum atomic E-state index is -3.58. The molecule has 0 unspecified atom stereocenters. The SMILES string of the molecule is CNS(=O)(=O)c1cc(NC(=O)/C=C/c2cccc(Cl)c2)ccc1C. The minimum Gasteiger partial charge on any atom is -0.322 e. The molecule has 2 aromatic carbocycles. The van der Waals surface area contributed by atoms with Gasteiger partial charge in [0.25, 0.3) is 0 Å². The average Bonchev–Trinajstić information content (AvgIpc) is 2.54. The number of rotatable bonds is 5. The molecule has 7 heteroatoms. The molecule has 0 spiro atoms. The molecule has 0 radical (unpaired) electrons. The van der Waals surface area contributed by atoms with E-state index in [1.54, 1.807) is 43.3 Å². The van der Waals surface area contributed by atoms with Gasteiger partial charge in [-0.25, -0.2) is 13.1 Å². The normalized spacial score (nSPS) is 11.6. The van der Waals surface area contributed by atoms with Crippen LogP contribution in [0.5, 0.6) is 0 Å². The monoisotopic (exact) mass is 364 g/mol. The Labute approximate surface area is 146 Å². The molecule has 2 N–H and O–H groups in total. The molecule has 1 amide bonds. The Bertz CT molecular complexity index is 892. The number of benzene rings is 2. The fourth-order valence-electron chi connectivity index (χ4n) is 2.04. The molecule has 0 saturated heterocycles. The number of carbonyl (C=O) groups excluding carboxylic acids is 1. The highest BCUT2D eigenvalue weighted by Gasteiger charge is 2.15. The van der Waals surface area contributed by atoms with Gasteiger partial charge >= 0.3 is 0 Å². The number of hydrogen-bond donors (Lipinski definition) is 2. The maximum atomic E-state index is 12.0. The van der Waals surface area contributed by atoms with Crippen LogP contribution in [-0.2, 0) is 14.8 Å². The van der Waals surface area contributed by atoms with Gasteiger partial charge in [-0.15, -0.1) is 0 Å². The van der Waals surface area contributed by atoms with Gasteiger partial charge in [-0.3, -0.25) is 4.79 Å². The quantitative estimate of drug-likeness (QED) is 0.800. The summed E-state index contributed by atoms with van der Waals surface area (Å²) in [6, 6.07) is 11.8. The number of halogens is 1. The second-order valence-electron chi connectivity index (χ2n) is 5.07. The van der Waals surface area contributed by atoms with Gasteiger partial charge in [-0.2, -0.15) is 0 Å². The van der Waals surface area contributed by atoms with E-state index in [-0.39, 0.29) is 10.8 Å². The summed E-state index contributed by atoms with van der Waals surface area (Å²) < 4.78 is 26.2. The largest absolute Gasteiger partial charge is 0.322 e. The van der Waals surface area contributed by atoms with Crippen LogP contribution in [0.3, 0.4) is 0 Å². The Kier molecular flexibility index (Phi) is 5.77. The maximum absolute atomic E-state index is 12.0. The van der Waals surface area contributed by atoms with Crippen molar-refractivity contribution < 1.29 is 13.2 Å². The zero-order chi connectivity index (χ0) is 17.7. The second kappa shape index (κ2) is 7.61. The van der Waals surface area contributed by atoms with Gasteiger partial charge in [-0.1, -0.05) is 29.8 Å². The molecule has 2 aromatic rings. The van der Waals surface area contributed by atoms with E-state index in [0.717, 1.165) is 5.56 Å². The Balaban J connectivity index is 2.16. The number of anilines is 1. The third kappa shape index (κ3) is 4.67. The summed E-state index contributed by atoms with van der Waals surface area (Å²) in [5.74, 6) is -0.369. The van der Waals surface area contributed by atoms with Crippen molar-refractivity contribution in [2.24, 2.45) is 0 Å². The molecule has 0 atom stereocenters. The molecule has 24 heavy (non-hydrogen) atoms. The van der Waals surface area contributed by atoms with Crippen molar-refractivity contribution in [2.45, 2.75) is 11.8 Å². The fraction of sp³-hybridized carbons (Fsp3) is 0.118.